The highest BCUT2D eigenvalue weighted by Gasteiger charge is 2.26. The maximum absolute atomic E-state index is 13.3. The highest BCUT2D eigenvalue weighted by atomic mass is 19.1. The van der Waals surface area contributed by atoms with E-state index in [0.29, 0.717) is 13.1 Å². The fourth-order valence-corrected chi connectivity index (χ4v) is 3.41. The number of ether oxygens (including phenoxy) is 1. The average Bonchev–Trinajstić information content (AvgIpc) is 2.63. The molecule has 1 amide bonds. The molecule has 2 aromatic carbocycles. The molecular weight excluding hydrogens is 331 g/mol. The summed E-state index contributed by atoms with van der Waals surface area (Å²) in [6, 6.07) is 16.1. The molecule has 1 heterocycles. The number of rotatable bonds is 5. The van der Waals surface area contributed by atoms with Crippen molar-refractivity contribution in [2.75, 3.05) is 19.6 Å². The quantitative estimate of drug-likeness (QED) is 0.895. The third-order valence-electron chi connectivity index (χ3n) is 4.57. The first-order valence-corrected chi connectivity index (χ1v) is 9.00. The van der Waals surface area contributed by atoms with E-state index in [1.165, 1.54) is 12.1 Å². The van der Waals surface area contributed by atoms with Crippen molar-refractivity contribution in [2.45, 2.75) is 32.1 Å². The van der Waals surface area contributed by atoms with Crippen LogP contribution in [0.3, 0.4) is 0 Å². The maximum atomic E-state index is 13.3. The SMILES string of the molecule is CC1CN(C(=O)CNC(c2ccccc2)c2ccc(F)cc2)CC(C)O1. The van der Waals surface area contributed by atoms with Crippen molar-refractivity contribution in [1.82, 2.24) is 10.2 Å². The van der Waals surface area contributed by atoms with E-state index < -0.39 is 0 Å². The third kappa shape index (κ3) is 4.68. The topological polar surface area (TPSA) is 41.6 Å². The first-order chi connectivity index (χ1) is 12.5. The van der Waals surface area contributed by atoms with Gasteiger partial charge in [-0.2, -0.15) is 0 Å². The van der Waals surface area contributed by atoms with Crippen molar-refractivity contribution >= 4 is 5.91 Å². The van der Waals surface area contributed by atoms with Crippen LogP contribution in [-0.2, 0) is 9.53 Å². The number of carbonyl (C=O) groups is 1. The Morgan fingerprint density at radius 2 is 1.65 bits per heavy atom. The minimum absolute atomic E-state index is 0.0460. The van der Waals surface area contributed by atoms with Crippen LogP contribution in [0.2, 0.25) is 0 Å². The number of morpholine rings is 1. The summed E-state index contributed by atoms with van der Waals surface area (Å²) in [6.45, 7) is 5.40. The fraction of sp³-hybridized carbons (Fsp3) is 0.381. The van der Waals surface area contributed by atoms with E-state index in [4.69, 9.17) is 4.74 Å². The highest BCUT2D eigenvalue weighted by molar-refractivity contribution is 5.78. The van der Waals surface area contributed by atoms with E-state index in [2.05, 4.69) is 5.32 Å². The third-order valence-corrected chi connectivity index (χ3v) is 4.57. The number of carbonyl (C=O) groups excluding carboxylic acids is 1. The largest absolute Gasteiger partial charge is 0.372 e. The molecule has 1 saturated heterocycles. The molecule has 26 heavy (non-hydrogen) atoms. The van der Waals surface area contributed by atoms with E-state index >= 15 is 0 Å². The molecule has 1 aliphatic heterocycles. The highest BCUT2D eigenvalue weighted by Crippen LogP contribution is 2.22. The number of nitrogens with zero attached hydrogens (tertiary/aromatic N) is 1. The molecule has 1 aliphatic rings. The lowest BCUT2D eigenvalue weighted by molar-refractivity contribution is -0.142. The zero-order valence-corrected chi connectivity index (χ0v) is 15.2. The summed E-state index contributed by atoms with van der Waals surface area (Å²) in [5.41, 5.74) is 1.96. The summed E-state index contributed by atoms with van der Waals surface area (Å²) in [6.07, 6.45) is 0.0921. The zero-order chi connectivity index (χ0) is 18.5. The van der Waals surface area contributed by atoms with Gasteiger partial charge in [-0.25, -0.2) is 4.39 Å². The lowest BCUT2D eigenvalue weighted by atomic mass is 9.98. The summed E-state index contributed by atoms with van der Waals surface area (Å²) in [4.78, 5) is 14.5. The summed E-state index contributed by atoms with van der Waals surface area (Å²) >= 11 is 0. The number of hydrogen-bond donors (Lipinski definition) is 1. The van der Waals surface area contributed by atoms with Crippen molar-refractivity contribution in [2.24, 2.45) is 0 Å². The van der Waals surface area contributed by atoms with E-state index in [-0.39, 0.29) is 36.5 Å². The molecule has 2 aromatic rings. The van der Waals surface area contributed by atoms with Crippen LogP contribution in [0.4, 0.5) is 4.39 Å². The van der Waals surface area contributed by atoms with Gasteiger partial charge in [-0.3, -0.25) is 10.1 Å². The number of halogens is 1. The van der Waals surface area contributed by atoms with Gasteiger partial charge in [0, 0.05) is 13.1 Å². The number of amides is 1. The molecule has 0 spiro atoms. The number of nitrogens with one attached hydrogen (secondary N) is 1. The number of benzene rings is 2. The first kappa shape index (κ1) is 18.5. The fourth-order valence-electron chi connectivity index (χ4n) is 3.41. The van der Waals surface area contributed by atoms with Gasteiger partial charge in [0.25, 0.3) is 0 Å². The van der Waals surface area contributed by atoms with Crippen LogP contribution in [0.25, 0.3) is 0 Å². The molecule has 0 aliphatic carbocycles. The smallest absolute Gasteiger partial charge is 0.236 e. The van der Waals surface area contributed by atoms with Crippen LogP contribution in [0.15, 0.2) is 54.6 Å². The molecule has 138 valence electrons. The van der Waals surface area contributed by atoms with Gasteiger partial charge >= 0.3 is 0 Å². The van der Waals surface area contributed by atoms with Crippen LogP contribution in [0.1, 0.15) is 31.0 Å². The second-order valence-corrected chi connectivity index (χ2v) is 6.83. The second kappa shape index (κ2) is 8.43. The zero-order valence-electron chi connectivity index (χ0n) is 15.2. The average molecular weight is 356 g/mol. The van der Waals surface area contributed by atoms with Gasteiger partial charge in [0.05, 0.1) is 24.8 Å². The van der Waals surface area contributed by atoms with Gasteiger partial charge < -0.3 is 9.64 Å². The summed E-state index contributed by atoms with van der Waals surface area (Å²) in [5, 5.41) is 3.34. The Hall–Kier alpha value is -2.24. The normalized spacial score (nSPS) is 21.4. The monoisotopic (exact) mass is 356 g/mol. The van der Waals surface area contributed by atoms with Crippen molar-refractivity contribution in [1.29, 1.82) is 0 Å². The van der Waals surface area contributed by atoms with Gasteiger partial charge in [-0.15, -0.1) is 0 Å². The molecule has 0 radical (unpaired) electrons. The molecule has 5 heteroatoms. The Bertz CT molecular complexity index is 711. The molecule has 0 saturated carbocycles. The Morgan fingerprint density at radius 3 is 2.27 bits per heavy atom. The molecular formula is C21H25FN2O2. The Morgan fingerprint density at radius 1 is 1.08 bits per heavy atom. The molecule has 1 N–H and O–H groups in total. The molecule has 3 unspecified atom stereocenters. The van der Waals surface area contributed by atoms with Gasteiger partial charge in [0.1, 0.15) is 5.82 Å². The van der Waals surface area contributed by atoms with Crippen molar-refractivity contribution < 1.29 is 13.9 Å². The summed E-state index contributed by atoms with van der Waals surface area (Å²) in [5.74, 6) is -0.219. The predicted molar refractivity (Wildman–Crippen MR) is 99.3 cm³/mol. The molecule has 1 fully saturated rings. The van der Waals surface area contributed by atoms with E-state index in [0.717, 1.165) is 11.1 Å². The van der Waals surface area contributed by atoms with Crippen LogP contribution in [0.5, 0.6) is 0 Å². The minimum atomic E-state index is -0.270. The summed E-state index contributed by atoms with van der Waals surface area (Å²) < 4.78 is 19.0. The molecule has 3 rings (SSSR count). The van der Waals surface area contributed by atoms with Crippen LogP contribution < -0.4 is 5.32 Å². The van der Waals surface area contributed by atoms with Gasteiger partial charge in [-0.1, -0.05) is 42.5 Å². The van der Waals surface area contributed by atoms with Crippen molar-refractivity contribution in [3.05, 3.63) is 71.5 Å². The van der Waals surface area contributed by atoms with Crippen LogP contribution >= 0.6 is 0 Å². The van der Waals surface area contributed by atoms with E-state index in [1.807, 2.05) is 49.1 Å². The van der Waals surface area contributed by atoms with Gasteiger partial charge in [0.15, 0.2) is 0 Å². The van der Waals surface area contributed by atoms with E-state index in [1.54, 1.807) is 12.1 Å². The minimum Gasteiger partial charge on any atom is -0.372 e. The molecule has 3 atom stereocenters. The number of hydrogen-bond acceptors (Lipinski definition) is 3. The van der Waals surface area contributed by atoms with Crippen molar-refractivity contribution in [3.8, 4) is 0 Å². The Kier molecular flexibility index (Phi) is 6.01. The molecule has 0 bridgehead atoms. The van der Waals surface area contributed by atoms with Gasteiger partial charge in [0.2, 0.25) is 5.91 Å². The maximum Gasteiger partial charge on any atom is 0.236 e. The second-order valence-electron chi connectivity index (χ2n) is 6.83. The standard InChI is InChI=1S/C21H25FN2O2/c1-15-13-24(14-16(2)26-15)20(25)12-23-21(17-6-4-3-5-7-17)18-8-10-19(22)11-9-18/h3-11,15-16,21,23H,12-14H2,1-2H3. The van der Waals surface area contributed by atoms with Crippen LogP contribution in [-0.4, -0.2) is 42.6 Å². The van der Waals surface area contributed by atoms with Crippen LogP contribution in [0, 0.1) is 5.82 Å². The Labute approximate surface area is 154 Å². The molecule has 0 aromatic heterocycles. The van der Waals surface area contributed by atoms with Crippen molar-refractivity contribution in [3.63, 3.8) is 0 Å². The summed E-state index contributed by atoms with van der Waals surface area (Å²) in [7, 11) is 0. The Balaban J connectivity index is 1.72. The lowest BCUT2D eigenvalue weighted by Gasteiger charge is -2.35. The van der Waals surface area contributed by atoms with Gasteiger partial charge in [-0.05, 0) is 37.1 Å². The van der Waals surface area contributed by atoms with E-state index in [9.17, 15) is 9.18 Å². The predicted octanol–water partition coefficient (Wildman–Crippen LogP) is 3.14. The lowest BCUT2D eigenvalue weighted by Crippen LogP contribution is -2.50. The molecule has 4 nitrogen and oxygen atoms in total. The first-order valence-electron chi connectivity index (χ1n) is 9.00.